The van der Waals surface area contributed by atoms with Gasteiger partial charge in [-0.2, -0.15) is 0 Å². The van der Waals surface area contributed by atoms with Crippen LogP contribution in [0.1, 0.15) is 35.8 Å². The molecule has 2 aromatic heterocycles. The molecule has 1 N–H and O–H groups in total. The number of pyridine rings is 1. The number of hydrogen-bond acceptors (Lipinski definition) is 6. The van der Waals surface area contributed by atoms with Crippen LogP contribution in [0.15, 0.2) is 36.5 Å². The maximum Gasteiger partial charge on any atom is 0.246 e. The van der Waals surface area contributed by atoms with Gasteiger partial charge in [0.15, 0.2) is 0 Å². The second kappa shape index (κ2) is 9.60. The summed E-state index contributed by atoms with van der Waals surface area (Å²) in [6.07, 6.45) is 7.46. The molecule has 3 rings (SSSR count). The average Bonchev–Trinajstić information content (AvgIpc) is 2.67. The summed E-state index contributed by atoms with van der Waals surface area (Å²) in [6, 6.07) is 5.98. The van der Waals surface area contributed by atoms with Gasteiger partial charge in [-0.15, -0.1) is 0 Å². The van der Waals surface area contributed by atoms with Crippen LogP contribution in [0.5, 0.6) is 0 Å². The number of amides is 1. The Labute approximate surface area is 172 Å². The minimum Gasteiger partial charge on any atom is -0.339 e. The molecule has 1 amide bonds. The molecule has 2 aromatic rings. The normalized spacial score (nSPS) is 17.1. The summed E-state index contributed by atoms with van der Waals surface area (Å²) < 4.78 is 0. The highest BCUT2D eigenvalue weighted by atomic mass is 16.2. The summed E-state index contributed by atoms with van der Waals surface area (Å²) in [7, 11) is 3.98. The number of piperidine rings is 1. The summed E-state index contributed by atoms with van der Waals surface area (Å²) in [5.74, 6) is 0.930. The zero-order valence-corrected chi connectivity index (χ0v) is 17.7. The molecule has 0 bridgehead atoms. The van der Waals surface area contributed by atoms with E-state index in [0.29, 0.717) is 12.5 Å². The number of likely N-dealkylation sites (N-methyl/N-ethyl adjacent to an activating group) is 1. The Kier molecular flexibility index (Phi) is 6.93. The van der Waals surface area contributed by atoms with Gasteiger partial charge in [-0.3, -0.25) is 9.78 Å². The van der Waals surface area contributed by atoms with E-state index < -0.39 is 0 Å². The molecule has 1 fully saturated rings. The number of carbonyl (C=O) groups is 1. The molecular weight excluding hydrogens is 364 g/mol. The average molecular weight is 395 g/mol. The molecule has 1 aliphatic heterocycles. The van der Waals surface area contributed by atoms with Crippen molar-refractivity contribution < 1.29 is 4.79 Å². The van der Waals surface area contributed by atoms with Crippen LogP contribution in [0.2, 0.25) is 0 Å². The standard InChI is InChI=1S/C22H30N6O/c1-16-13-17(2)25-22(24-16)26-19-9-10-20(23-14-19)18-7-5-12-28(15-18)21(29)8-6-11-27(3)4/h6,8-10,13-14,18H,5,7,11-12,15H2,1-4H3,(H,24,25,26)/b8-6+/t18-/m0/s1. The van der Waals surface area contributed by atoms with Crippen molar-refractivity contribution in [1.82, 2.24) is 24.8 Å². The van der Waals surface area contributed by atoms with Crippen LogP contribution in [0.4, 0.5) is 11.6 Å². The maximum absolute atomic E-state index is 12.4. The van der Waals surface area contributed by atoms with Crippen molar-refractivity contribution in [3.63, 3.8) is 0 Å². The van der Waals surface area contributed by atoms with Crippen molar-refractivity contribution in [3.8, 4) is 0 Å². The third-order valence-electron chi connectivity index (χ3n) is 4.91. The van der Waals surface area contributed by atoms with Gasteiger partial charge < -0.3 is 15.1 Å². The topological polar surface area (TPSA) is 74.2 Å². The zero-order valence-electron chi connectivity index (χ0n) is 17.7. The lowest BCUT2D eigenvalue weighted by atomic mass is 9.94. The van der Waals surface area contributed by atoms with Crippen molar-refractivity contribution >= 4 is 17.5 Å². The quantitative estimate of drug-likeness (QED) is 0.759. The number of hydrogen-bond donors (Lipinski definition) is 1. The lowest BCUT2D eigenvalue weighted by Gasteiger charge is -2.32. The van der Waals surface area contributed by atoms with Crippen LogP contribution >= 0.6 is 0 Å². The molecule has 0 saturated carbocycles. The fourth-order valence-corrected chi connectivity index (χ4v) is 3.52. The van der Waals surface area contributed by atoms with Crippen molar-refractivity contribution in [2.75, 3.05) is 39.0 Å². The molecule has 3 heterocycles. The van der Waals surface area contributed by atoms with Crippen LogP contribution in [0, 0.1) is 13.8 Å². The minimum atomic E-state index is 0.0850. The van der Waals surface area contributed by atoms with E-state index in [1.807, 2.05) is 68.2 Å². The molecule has 0 unspecified atom stereocenters. The molecule has 1 aliphatic rings. The Balaban J connectivity index is 1.61. The molecule has 1 atom stereocenters. The van der Waals surface area contributed by atoms with Crippen molar-refractivity contribution in [2.45, 2.75) is 32.6 Å². The lowest BCUT2D eigenvalue weighted by Crippen LogP contribution is -2.38. The van der Waals surface area contributed by atoms with Gasteiger partial charge in [0.2, 0.25) is 11.9 Å². The Morgan fingerprint density at radius 2 is 2.03 bits per heavy atom. The van der Waals surface area contributed by atoms with Crippen LogP contribution in [-0.4, -0.2) is 64.4 Å². The molecule has 0 radical (unpaired) electrons. The number of rotatable bonds is 6. The van der Waals surface area contributed by atoms with Crippen molar-refractivity contribution in [3.05, 3.63) is 53.6 Å². The van der Waals surface area contributed by atoms with Gasteiger partial charge in [-0.1, -0.05) is 6.08 Å². The fraction of sp³-hybridized carbons (Fsp3) is 0.455. The third-order valence-corrected chi connectivity index (χ3v) is 4.91. The van der Waals surface area contributed by atoms with E-state index in [1.165, 1.54) is 0 Å². The highest BCUT2D eigenvalue weighted by Crippen LogP contribution is 2.26. The first-order valence-corrected chi connectivity index (χ1v) is 10.1. The Bertz CT molecular complexity index is 842. The van der Waals surface area contributed by atoms with E-state index in [0.717, 1.165) is 48.7 Å². The molecule has 0 aromatic carbocycles. The van der Waals surface area contributed by atoms with Gasteiger partial charge in [0.05, 0.1) is 11.9 Å². The zero-order chi connectivity index (χ0) is 20.8. The summed E-state index contributed by atoms with van der Waals surface area (Å²) in [5.41, 5.74) is 3.73. The Morgan fingerprint density at radius 3 is 2.69 bits per heavy atom. The number of aryl methyl sites for hydroxylation is 2. The molecule has 154 valence electrons. The second-order valence-electron chi connectivity index (χ2n) is 7.86. The largest absolute Gasteiger partial charge is 0.339 e. The van der Waals surface area contributed by atoms with Gasteiger partial charge >= 0.3 is 0 Å². The van der Waals surface area contributed by atoms with Crippen LogP contribution in [0.25, 0.3) is 0 Å². The van der Waals surface area contributed by atoms with Crippen molar-refractivity contribution in [1.29, 1.82) is 0 Å². The molecule has 1 saturated heterocycles. The van der Waals surface area contributed by atoms with Crippen LogP contribution in [0.3, 0.4) is 0 Å². The van der Waals surface area contributed by atoms with E-state index >= 15 is 0 Å². The number of aromatic nitrogens is 3. The highest BCUT2D eigenvalue weighted by molar-refractivity contribution is 5.87. The van der Waals surface area contributed by atoms with Crippen LogP contribution < -0.4 is 5.32 Å². The molecular formula is C22H30N6O. The predicted molar refractivity (Wildman–Crippen MR) is 115 cm³/mol. The minimum absolute atomic E-state index is 0.0850. The first kappa shape index (κ1) is 20.9. The first-order chi connectivity index (χ1) is 13.9. The van der Waals surface area contributed by atoms with E-state index in [-0.39, 0.29) is 11.8 Å². The summed E-state index contributed by atoms with van der Waals surface area (Å²) >= 11 is 0. The van der Waals surface area contributed by atoms with Crippen molar-refractivity contribution in [2.24, 2.45) is 0 Å². The molecule has 7 nitrogen and oxygen atoms in total. The number of anilines is 2. The number of nitrogens with zero attached hydrogens (tertiary/aromatic N) is 5. The molecule has 0 spiro atoms. The van der Waals surface area contributed by atoms with Crippen LogP contribution in [-0.2, 0) is 4.79 Å². The van der Waals surface area contributed by atoms with E-state index in [9.17, 15) is 4.79 Å². The number of nitrogens with one attached hydrogen (secondary N) is 1. The van der Waals surface area contributed by atoms with Gasteiger partial charge in [0.1, 0.15) is 0 Å². The second-order valence-corrected chi connectivity index (χ2v) is 7.86. The first-order valence-electron chi connectivity index (χ1n) is 10.1. The molecule has 7 heteroatoms. The van der Waals surface area contributed by atoms with E-state index in [4.69, 9.17) is 0 Å². The molecule has 29 heavy (non-hydrogen) atoms. The summed E-state index contributed by atoms with van der Waals surface area (Å²) in [5, 5.41) is 3.21. The smallest absolute Gasteiger partial charge is 0.246 e. The Morgan fingerprint density at radius 1 is 1.28 bits per heavy atom. The van der Waals surface area contributed by atoms with Gasteiger partial charge in [0.25, 0.3) is 0 Å². The lowest BCUT2D eigenvalue weighted by molar-refractivity contribution is -0.127. The SMILES string of the molecule is Cc1cc(C)nc(Nc2ccc([C@H]3CCCN(C(=O)/C=C/CN(C)C)C3)nc2)n1. The maximum atomic E-state index is 12.4. The third kappa shape index (κ3) is 6.09. The molecule has 0 aliphatic carbocycles. The monoisotopic (exact) mass is 394 g/mol. The number of likely N-dealkylation sites (tertiary alicyclic amines) is 1. The van der Waals surface area contributed by atoms with Gasteiger partial charge in [0, 0.05) is 48.7 Å². The van der Waals surface area contributed by atoms with E-state index in [2.05, 4.69) is 20.3 Å². The van der Waals surface area contributed by atoms with E-state index in [1.54, 1.807) is 6.08 Å². The summed E-state index contributed by atoms with van der Waals surface area (Å²) in [6.45, 7) is 6.19. The van der Waals surface area contributed by atoms with Gasteiger partial charge in [-0.05, 0) is 59.0 Å². The Hall–Kier alpha value is -2.80. The van der Waals surface area contributed by atoms with Gasteiger partial charge in [-0.25, -0.2) is 9.97 Å². The predicted octanol–water partition coefficient (Wildman–Crippen LogP) is 3.06. The number of carbonyl (C=O) groups excluding carboxylic acids is 1. The fourth-order valence-electron chi connectivity index (χ4n) is 3.52. The summed E-state index contributed by atoms with van der Waals surface area (Å²) in [4.78, 5) is 29.9. The highest BCUT2D eigenvalue weighted by Gasteiger charge is 2.24.